The van der Waals surface area contributed by atoms with Crippen LogP contribution >= 0.6 is 0 Å². The van der Waals surface area contributed by atoms with E-state index in [0.29, 0.717) is 24.6 Å². The number of aliphatic hydroxyl groups is 1. The molecule has 3 rings (SSSR count). The SMILES string of the molecule is CC1=C(CC(=O)N[C@@H](CO)c2ccc(F)cc2F)C(=O)NC2CCNC(C#N)C12. The van der Waals surface area contributed by atoms with E-state index in [1.165, 1.54) is 0 Å². The number of fused-ring (bicyclic) bond motifs is 1. The Morgan fingerprint density at radius 3 is 2.86 bits per heavy atom. The van der Waals surface area contributed by atoms with E-state index < -0.39 is 36.2 Å². The molecule has 154 valence electrons. The van der Waals surface area contributed by atoms with Crippen LogP contribution in [0.25, 0.3) is 0 Å². The second-order valence-electron chi connectivity index (χ2n) is 7.26. The minimum atomic E-state index is -1.08. The smallest absolute Gasteiger partial charge is 0.247 e. The fourth-order valence-electron chi connectivity index (χ4n) is 4.04. The van der Waals surface area contributed by atoms with Gasteiger partial charge in [-0.25, -0.2) is 8.78 Å². The molecule has 0 radical (unpaired) electrons. The summed E-state index contributed by atoms with van der Waals surface area (Å²) in [6.07, 6.45) is 0.403. The molecule has 1 aromatic carbocycles. The molecule has 2 aliphatic heterocycles. The molecule has 1 aromatic rings. The van der Waals surface area contributed by atoms with Crippen LogP contribution in [0.5, 0.6) is 0 Å². The molecule has 7 nitrogen and oxygen atoms in total. The van der Waals surface area contributed by atoms with Crippen molar-refractivity contribution in [3.05, 3.63) is 46.5 Å². The summed E-state index contributed by atoms with van der Waals surface area (Å²) in [5.41, 5.74) is 0.868. The Morgan fingerprint density at radius 2 is 2.21 bits per heavy atom. The molecule has 0 aliphatic carbocycles. The monoisotopic (exact) mass is 404 g/mol. The van der Waals surface area contributed by atoms with Crippen LogP contribution in [0.15, 0.2) is 29.3 Å². The van der Waals surface area contributed by atoms with Crippen LogP contribution in [-0.4, -0.2) is 42.2 Å². The first-order valence-corrected chi connectivity index (χ1v) is 9.34. The van der Waals surface area contributed by atoms with E-state index in [-0.39, 0.29) is 35.4 Å². The van der Waals surface area contributed by atoms with E-state index in [9.17, 15) is 28.7 Å². The third-order valence-corrected chi connectivity index (χ3v) is 5.51. The Bertz CT molecular complexity index is 896. The van der Waals surface area contributed by atoms with Crippen molar-refractivity contribution in [1.29, 1.82) is 5.26 Å². The number of benzene rings is 1. The van der Waals surface area contributed by atoms with Gasteiger partial charge in [-0.2, -0.15) is 5.26 Å². The Hall–Kier alpha value is -2.83. The molecule has 9 heteroatoms. The van der Waals surface area contributed by atoms with Crippen LogP contribution in [0.1, 0.15) is 31.4 Å². The van der Waals surface area contributed by atoms with Crippen molar-refractivity contribution in [3.8, 4) is 6.07 Å². The summed E-state index contributed by atoms with van der Waals surface area (Å²) >= 11 is 0. The van der Waals surface area contributed by atoms with Crippen LogP contribution in [0.2, 0.25) is 0 Å². The van der Waals surface area contributed by atoms with Crippen molar-refractivity contribution in [1.82, 2.24) is 16.0 Å². The van der Waals surface area contributed by atoms with Gasteiger partial charge in [0.1, 0.15) is 17.7 Å². The second kappa shape index (κ2) is 8.68. The number of rotatable bonds is 5. The maximum atomic E-state index is 14.0. The van der Waals surface area contributed by atoms with Gasteiger partial charge in [0.25, 0.3) is 0 Å². The quantitative estimate of drug-likeness (QED) is 0.580. The molecular weight excluding hydrogens is 382 g/mol. The van der Waals surface area contributed by atoms with Gasteiger partial charge in [-0.1, -0.05) is 11.6 Å². The van der Waals surface area contributed by atoms with Crippen molar-refractivity contribution in [3.63, 3.8) is 0 Å². The molecule has 0 saturated carbocycles. The lowest BCUT2D eigenvalue weighted by Gasteiger charge is -2.41. The molecule has 4 N–H and O–H groups in total. The highest BCUT2D eigenvalue weighted by Crippen LogP contribution is 2.32. The maximum Gasteiger partial charge on any atom is 0.247 e. The Morgan fingerprint density at radius 1 is 1.45 bits per heavy atom. The molecule has 3 unspecified atom stereocenters. The summed E-state index contributed by atoms with van der Waals surface area (Å²) in [5.74, 6) is -2.85. The van der Waals surface area contributed by atoms with Gasteiger partial charge in [-0.15, -0.1) is 0 Å². The van der Waals surface area contributed by atoms with Crippen molar-refractivity contribution in [2.75, 3.05) is 13.2 Å². The number of aliphatic hydroxyl groups excluding tert-OH is 1. The van der Waals surface area contributed by atoms with Gasteiger partial charge >= 0.3 is 0 Å². The lowest BCUT2D eigenvalue weighted by atomic mass is 9.76. The van der Waals surface area contributed by atoms with Crippen LogP contribution in [0.4, 0.5) is 8.78 Å². The van der Waals surface area contributed by atoms with Gasteiger partial charge in [0.05, 0.1) is 25.1 Å². The standard InChI is InChI=1S/C20H22F2N4O3/c1-10-13(20(29)26-15-4-5-24-16(8-23)19(10)15)7-18(28)25-17(9-27)12-3-2-11(21)6-14(12)22/h2-3,6,15-17,19,24,27H,4-5,7,9H2,1H3,(H,25,28)(H,26,29)/t15?,16?,17-,19?/m0/s1. The highest BCUT2D eigenvalue weighted by Gasteiger charge is 2.41. The van der Waals surface area contributed by atoms with Crippen molar-refractivity contribution < 1.29 is 23.5 Å². The lowest BCUT2D eigenvalue weighted by molar-refractivity contribution is -0.125. The fraction of sp³-hybridized carbons (Fsp3) is 0.450. The van der Waals surface area contributed by atoms with E-state index in [0.717, 1.165) is 12.1 Å². The van der Waals surface area contributed by atoms with Crippen molar-refractivity contribution in [2.45, 2.75) is 37.9 Å². The highest BCUT2D eigenvalue weighted by molar-refractivity contribution is 6.00. The first-order valence-electron chi connectivity index (χ1n) is 9.34. The first kappa shape index (κ1) is 20.9. The van der Waals surface area contributed by atoms with E-state index in [1.807, 2.05) is 0 Å². The fourth-order valence-corrected chi connectivity index (χ4v) is 4.04. The van der Waals surface area contributed by atoms with E-state index in [4.69, 9.17) is 0 Å². The molecular formula is C20H22F2N4O3. The molecule has 29 heavy (non-hydrogen) atoms. The summed E-state index contributed by atoms with van der Waals surface area (Å²) in [6.45, 7) is 1.76. The number of hydrogen-bond donors (Lipinski definition) is 4. The number of carbonyl (C=O) groups is 2. The molecule has 0 bridgehead atoms. The molecule has 0 spiro atoms. The van der Waals surface area contributed by atoms with Crippen LogP contribution in [0.3, 0.4) is 0 Å². The first-order chi connectivity index (χ1) is 13.8. The zero-order chi connectivity index (χ0) is 21.1. The minimum absolute atomic E-state index is 0.0536. The number of amides is 2. The Kier molecular flexibility index (Phi) is 6.25. The summed E-state index contributed by atoms with van der Waals surface area (Å²) < 4.78 is 27.1. The Balaban J connectivity index is 1.78. The van der Waals surface area contributed by atoms with E-state index in [1.54, 1.807) is 6.92 Å². The number of halogens is 2. The van der Waals surface area contributed by atoms with Crippen LogP contribution in [0, 0.1) is 28.9 Å². The molecule has 0 aromatic heterocycles. The predicted octanol–water partition coefficient (Wildman–Crippen LogP) is 0.821. The average molecular weight is 404 g/mol. The summed E-state index contributed by atoms with van der Waals surface area (Å²) in [7, 11) is 0. The third-order valence-electron chi connectivity index (χ3n) is 5.51. The zero-order valence-corrected chi connectivity index (χ0v) is 15.8. The van der Waals surface area contributed by atoms with Gasteiger partial charge in [-0.3, -0.25) is 9.59 Å². The zero-order valence-electron chi connectivity index (χ0n) is 15.8. The summed E-state index contributed by atoms with van der Waals surface area (Å²) in [5, 5.41) is 27.4. The number of hydrogen-bond acceptors (Lipinski definition) is 5. The largest absolute Gasteiger partial charge is 0.394 e. The van der Waals surface area contributed by atoms with Gasteiger partial charge in [0.2, 0.25) is 11.8 Å². The molecule has 2 aliphatic rings. The molecule has 4 atom stereocenters. The second-order valence-corrected chi connectivity index (χ2v) is 7.26. The number of nitriles is 1. The van der Waals surface area contributed by atoms with Crippen LogP contribution < -0.4 is 16.0 Å². The predicted molar refractivity (Wildman–Crippen MR) is 99.1 cm³/mol. The summed E-state index contributed by atoms with van der Waals surface area (Å²) in [4.78, 5) is 25.0. The maximum absolute atomic E-state index is 14.0. The van der Waals surface area contributed by atoms with E-state index in [2.05, 4.69) is 22.0 Å². The molecule has 1 saturated heterocycles. The lowest BCUT2D eigenvalue weighted by Crippen LogP contribution is -2.58. The van der Waals surface area contributed by atoms with Gasteiger partial charge in [0.15, 0.2) is 0 Å². The number of nitrogens with one attached hydrogen (secondary N) is 3. The summed E-state index contributed by atoms with van der Waals surface area (Å²) in [6, 6.07) is 3.34. The highest BCUT2D eigenvalue weighted by atomic mass is 19.1. The topological polar surface area (TPSA) is 114 Å². The minimum Gasteiger partial charge on any atom is -0.394 e. The van der Waals surface area contributed by atoms with Crippen molar-refractivity contribution >= 4 is 11.8 Å². The third kappa shape index (κ3) is 4.28. The Labute approximate surface area is 166 Å². The molecule has 1 fully saturated rings. The molecule has 2 amide bonds. The average Bonchev–Trinajstić information content (AvgIpc) is 2.69. The number of piperidine rings is 1. The van der Waals surface area contributed by atoms with Gasteiger partial charge in [-0.05, 0) is 26.0 Å². The van der Waals surface area contributed by atoms with Crippen LogP contribution in [-0.2, 0) is 9.59 Å². The normalized spacial score (nSPS) is 24.9. The van der Waals surface area contributed by atoms with Gasteiger partial charge in [0, 0.05) is 29.2 Å². The van der Waals surface area contributed by atoms with E-state index >= 15 is 0 Å². The number of nitrogens with zero attached hydrogens (tertiary/aromatic N) is 1. The molecule has 2 heterocycles. The van der Waals surface area contributed by atoms with Gasteiger partial charge < -0.3 is 21.1 Å². The number of carbonyl (C=O) groups excluding carboxylic acids is 2. The van der Waals surface area contributed by atoms with Crippen molar-refractivity contribution in [2.24, 2.45) is 5.92 Å².